The maximum absolute atomic E-state index is 10.7. The Balaban J connectivity index is 2.04. The molecule has 2 heterocycles. The number of nitro groups is 1. The number of rotatable bonds is 4. The van der Waals surface area contributed by atoms with Gasteiger partial charge in [-0.2, -0.15) is 0 Å². The molecule has 0 spiro atoms. The van der Waals surface area contributed by atoms with Crippen LogP contribution < -0.4 is 10.6 Å². The van der Waals surface area contributed by atoms with E-state index in [-0.39, 0.29) is 11.5 Å². The van der Waals surface area contributed by atoms with E-state index in [2.05, 4.69) is 9.88 Å². The van der Waals surface area contributed by atoms with Crippen molar-refractivity contribution in [3.8, 4) is 0 Å². The van der Waals surface area contributed by atoms with Gasteiger partial charge in [-0.15, -0.1) is 0 Å². The summed E-state index contributed by atoms with van der Waals surface area (Å²) in [6.45, 7) is 4.38. The molecule has 0 aliphatic carbocycles. The number of hydrogen-bond donors (Lipinski definition) is 1. The first-order valence-corrected chi connectivity index (χ1v) is 6.39. The number of hydrogen-bond acceptors (Lipinski definition) is 6. The van der Waals surface area contributed by atoms with E-state index in [1.54, 1.807) is 6.07 Å². The van der Waals surface area contributed by atoms with Crippen LogP contribution in [-0.2, 0) is 4.74 Å². The number of nitrogen functional groups attached to an aromatic ring is 1. The third-order valence-electron chi connectivity index (χ3n) is 3.25. The highest BCUT2D eigenvalue weighted by Crippen LogP contribution is 2.25. The van der Waals surface area contributed by atoms with Crippen molar-refractivity contribution in [3.05, 3.63) is 22.2 Å². The number of nitrogens with two attached hydrogens (primary N) is 1. The zero-order chi connectivity index (χ0) is 13.8. The van der Waals surface area contributed by atoms with Crippen LogP contribution in [-0.4, -0.2) is 35.7 Å². The molecule has 7 heteroatoms. The summed E-state index contributed by atoms with van der Waals surface area (Å²) in [6, 6.07) is 3.06. The molecule has 1 aromatic rings. The van der Waals surface area contributed by atoms with Crippen molar-refractivity contribution in [2.24, 2.45) is 0 Å². The molecule has 1 aliphatic rings. The molecular formula is C12H18N4O3. The SMILES string of the molecule is CCOC1CCN(c2ccc([N+](=O)[O-])c(N)n2)CC1. The lowest BCUT2D eigenvalue weighted by Crippen LogP contribution is -2.37. The van der Waals surface area contributed by atoms with Crippen LogP contribution in [0.1, 0.15) is 19.8 Å². The first-order valence-electron chi connectivity index (χ1n) is 6.39. The van der Waals surface area contributed by atoms with Gasteiger partial charge >= 0.3 is 5.69 Å². The minimum atomic E-state index is -0.520. The minimum Gasteiger partial charge on any atom is -0.378 e. The molecule has 0 amide bonds. The van der Waals surface area contributed by atoms with Crippen LogP contribution >= 0.6 is 0 Å². The second-order valence-electron chi connectivity index (χ2n) is 4.47. The molecule has 0 radical (unpaired) electrons. The smallest absolute Gasteiger partial charge is 0.311 e. The van der Waals surface area contributed by atoms with Crippen LogP contribution in [0.15, 0.2) is 12.1 Å². The number of pyridine rings is 1. The van der Waals surface area contributed by atoms with Crippen molar-refractivity contribution >= 4 is 17.3 Å². The fourth-order valence-corrected chi connectivity index (χ4v) is 2.27. The van der Waals surface area contributed by atoms with Crippen molar-refractivity contribution in [2.75, 3.05) is 30.3 Å². The Morgan fingerprint density at radius 3 is 2.74 bits per heavy atom. The largest absolute Gasteiger partial charge is 0.378 e. The zero-order valence-electron chi connectivity index (χ0n) is 10.9. The van der Waals surface area contributed by atoms with Gasteiger partial charge in [0.25, 0.3) is 0 Å². The third-order valence-corrected chi connectivity index (χ3v) is 3.25. The van der Waals surface area contributed by atoms with Gasteiger partial charge in [-0.25, -0.2) is 4.98 Å². The Morgan fingerprint density at radius 2 is 2.21 bits per heavy atom. The van der Waals surface area contributed by atoms with Crippen LogP contribution in [0.5, 0.6) is 0 Å². The molecule has 2 N–H and O–H groups in total. The Morgan fingerprint density at radius 1 is 1.53 bits per heavy atom. The minimum absolute atomic E-state index is 0.0329. The number of piperidine rings is 1. The highest BCUT2D eigenvalue weighted by Gasteiger charge is 2.22. The fraction of sp³-hybridized carbons (Fsp3) is 0.583. The summed E-state index contributed by atoms with van der Waals surface area (Å²) >= 11 is 0. The van der Waals surface area contributed by atoms with Crippen molar-refractivity contribution < 1.29 is 9.66 Å². The molecule has 1 fully saturated rings. The van der Waals surface area contributed by atoms with Crippen LogP contribution in [0.3, 0.4) is 0 Å². The molecular weight excluding hydrogens is 248 g/mol. The molecule has 0 unspecified atom stereocenters. The molecule has 0 atom stereocenters. The molecule has 1 saturated heterocycles. The Kier molecular flexibility index (Phi) is 4.16. The van der Waals surface area contributed by atoms with Gasteiger partial charge in [-0.05, 0) is 25.8 Å². The quantitative estimate of drug-likeness (QED) is 0.656. The zero-order valence-corrected chi connectivity index (χ0v) is 10.9. The number of ether oxygens (including phenoxy) is 1. The van der Waals surface area contributed by atoms with E-state index >= 15 is 0 Å². The molecule has 104 valence electrons. The second-order valence-corrected chi connectivity index (χ2v) is 4.47. The summed E-state index contributed by atoms with van der Waals surface area (Å²) in [7, 11) is 0. The van der Waals surface area contributed by atoms with Crippen LogP contribution in [0.25, 0.3) is 0 Å². The van der Waals surface area contributed by atoms with E-state index in [9.17, 15) is 10.1 Å². The van der Waals surface area contributed by atoms with E-state index in [4.69, 9.17) is 10.5 Å². The van der Waals surface area contributed by atoms with Gasteiger partial charge in [0.05, 0.1) is 11.0 Å². The van der Waals surface area contributed by atoms with Gasteiger partial charge in [-0.3, -0.25) is 10.1 Å². The molecule has 7 nitrogen and oxygen atoms in total. The molecule has 0 bridgehead atoms. The normalized spacial score (nSPS) is 16.6. The van der Waals surface area contributed by atoms with E-state index in [0.29, 0.717) is 11.9 Å². The molecule has 1 aliphatic heterocycles. The van der Waals surface area contributed by atoms with E-state index < -0.39 is 4.92 Å². The molecule has 19 heavy (non-hydrogen) atoms. The van der Waals surface area contributed by atoms with Crippen molar-refractivity contribution in [1.29, 1.82) is 0 Å². The number of anilines is 2. The lowest BCUT2D eigenvalue weighted by atomic mass is 10.1. The van der Waals surface area contributed by atoms with Gasteiger partial charge in [0.1, 0.15) is 5.82 Å². The van der Waals surface area contributed by atoms with Crippen molar-refractivity contribution in [2.45, 2.75) is 25.9 Å². The maximum Gasteiger partial charge on any atom is 0.311 e. The lowest BCUT2D eigenvalue weighted by molar-refractivity contribution is -0.384. The van der Waals surface area contributed by atoms with E-state index in [0.717, 1.165) is 32.5 Å². The average molecular weight is 266 g/mol. The highest BCUT2D eigenvalue weighted by atomic mass is 16.6. The van der Waals surface area contributed by atoms with Crippen molar-refractivity contribution in [3.63, 3.8) is 0 Å². The van der Waals surface area contributed by atoms with Gasteiger partial charge in [0.15, 0.2) is 0 Å². The average Bonchev–Trinajstić information content (AvgIpc) is 2.39. The lowest BCUT2D eigenvalue weighted by Gasteiger charge is -2.32. The molecule has 2 rings (SSSR count). The van der Waals surface area contributed by atoms with Crippen LogP contribution in [0.4, 0.5) is 17.3 Å². The van der Waals surface area contributed by atoms with Crippen molar-refractivity contribution in [1.82, 2.24) is 4.98 Å². The van der Waals surface area contributed by atoms with Crippen LogP contribution in [0, 0.1) is 10.1 Å². The summed E-state index contributed by atoms with van der Waals surface area (Å²) < 4.78 is 5.58. The summed E-state index contributed by atoms with van der Waals surface area (Å²) in [5, 5.41) is 10.7. The summed E-state index contributed by atoms with van der Waals surface area (Å²) in [5.74, 6) is 0.660. The molecule has 0 saturated carbocycles. The first-order chi connectivity index (χ1) is 9.11. The van der Waals surface area contributed by atoms with Gasteiger partial charge < -0.3 is 15.4 Å². The van der Waals surface area contributed by atoms with E-state index in [1.807, 2.05) is 6.92 Å². The topological polar surface area (TPSA) is 94.5 Å². The summed E-state index contributed by atoms with van der Waals surface area (Å²) in [5.41, 5.74) is 5.45. The van der Waals surface area contributed by atoms with E-state index in [1.165, 1.54) is 6.07 Å². The van der Waals surface area contributed by atoms with Crippen LogP contribution in [0.2, 0.25) is 0 Å². The standard InChI is InChI=1S/C12H18N4O3/c1-2-19-9-5-7-15(8-6-9)11-4-3-10(16(17)18)12(13)14-11/h3-4,9H,2,5-8H2,1H3,(H2,13,14). The molecule has 0 aromatic carbocycles. The number of aromatic nitrogens is 1. The molecule has 1 aromatic heterocycles. The third kappa shape index (κ3) is 3.11. The van der Waals surface area contributed by atoms with Gasteiger partial charge in [0, 0.05) is 25.8 Å². The summed E-state index contributed by atoms with van der Waals surface area (Å²) in [6.07, 6.45) is 2.18. The fourth-order valence-electron chi connectivity index (χ4n) is 2.27. The highest BCUT2D eigenvalue weighted by molar-refractivity contribution is 5.58. The Hall–Kier alpha value is -1.89. The summed E-state index contributed by atoms with van der Waals surface area (Å²) in [4.78, 5) is 16.3. The maximum atomic E-state index is 10.7. The Bertz CT molecular complexity index is 458. The monoisotopic (exact) mass is 266 g/mol. The predicted octanol–water partition coefficient (Wildman–Crippen LogP) is 1.58. The number of nitrogens with zero attached hydrogens (tertiary/aromatic N) is 3. The predicted molar refractivity (Wildman–Crippen MR) is 72.2 cm³/mol. The first kappa shape index (κ1) is 13.5. The van der Waals surface area contributed by atoms with Gasteiger partial charge in [-0.1, -0.05) is 0 Å². The second kappa shape index (κ2) is 5.83. The Labute approximate surface area is 111 Å². The van der Waals surface area contributed by atoms with Gasteiger partial charge in [0.2, 0.25) is 5.82 Å².